The lowest BCUT2D eigenvalue weighted by molar-refractivity contribution is -0.122. The number of rotatable bonds is 4. The minimum absolute atomic E-state index is 0.0178. The molecule has 2 aromatic carbocycles. The van der Waals surface area contributed by atoms with Crippen LogP contribution in [0.15, 0.2) is 42.5 Å². The molecule has 0 aliphatic rings. The van der Waals surface area contributed by atoms with E-state index >= 15 is 0 Å². The van der Waals surface area contributed by atoms with Crippen molar-refractivity contribution < 1.29 is 13.9 Å². The molecule has 110 valence electrons. The summed E-state index contributed by atoms with van der Waals surface area (Å²) in [6, 6.07) is 10.5. The van der Waals surface area contributed by atoms with Gasteiger partial charge in [0.15, 0.2) is 17.7 Å². The fraction of sp³-hybridized carbons (Fsp3) is 0.133. The highest BCUT2D eigenvalue weighted by molar-refractivity contribution is 6.35. The summed E-state index contributed by atoms with van der Waals surface area (Å²) in [6.45, 7) is 1.52. The highest BCUT2D eigenvalue weighted by Crippen LogP contribution is 2.23. The van der Waals surface area contributed by atoms with Crippen LogP contribution in [0.4, 0.5) is 10.1 Å². The maximum atomic E-state index is 13.5. The lowest BCUT2D eigenvalue weighted by Gasteiger charge is -2.15. The van der Waals surface area contributed by atoms with Gasteiger partial charge in [0.2, 0.25) is 0 Å². The predicted molar refractivity (Wildman–Crippen MR) is 81.6 cm³/mol. The van der Waals surface area contributed by atoms with Crippen molar-refractivity contribution in [1.29, 1.82) is 0 Å². The summed E-state index contributed by atoms with van der Waals surface area (Å²) < 4.78 is 18.7. The van der Waals surface area contributed by atoms with E-state index in [0.29, 0.717) is 15.7 Å². The molecular formula is C15H12Cl2FNO2. The van der Waals surface area contributed by atoms with Gasteiger partial charge in [0.25, 0.3) is 5.91 Å². The Labute approximate surface area is 131 Å². The molecule has 0 heterocycles. The average molecular weight is 328 g/mol. The first-order valence-electron chi connectivity index (χ1n) is 6.14. The van der Waals surface area contributed by atoms with Gasteiger partial charge in [-0.05, 0) is 37.3 Å². The number of para-hydroxylation sites is 1. The van der Waals surface area contributed by atoms with E-state index in [9.17, 15) is 9.18 Å². The molecule has 0 aromatic heterocycles. The van der Waals surface area contributed by atoms with Crippen LogP contribution in [-0.4, -0.2) is 12.0 Å². The number of ether oxygens (including phenoxy) is 1. The van der Waals surface area contributed by atoms with E-state index in [-0.39, 0.29) is 5.75 Å². The summed E-state index contributed by atoms with van der Waals surface area (Å²) >= 11 is 11.7. The fourth-order valence-electron chi connectivity index (χ4n) is 1.65. The zero-order chi connectivity index (χ0) is 15.4. The normalized spacial score (nSPS) is 11.8. The van der Waals surface area contributed by atoms with E-state index in [1.807, 2.05) is 0 Å². The molecule has 1 atom stereocenters. The van der Waals surface area contributed by atoms with Crippen LogP contribution in [0.1, 0.15) is 6.92 Å². The standard InChI is InChI=1S/C15H12Cl2FNO2/c1-9(21-14-5-3-2-4-13(14)18)15(20)19-12-7-10(16)6-11(17)8-12/h2-9H,1H3,(H,19,20)/t9-/m1/s1. The molecule has 0 aliphatic heterocycles. The van der Waals surface area contributed by atoms with Crippen LogP contribution in [-0.2, 0) is 4.79 Å². The molecule has 0 spiro atoms. The lowest BCUT2D eigenvalue weighted by atomic mass is 10.3. The van der Waals surface area contributed by atoms with Crippen molar-refractivity contribution in [3.05, 3.63) is 58.3 Å². The largest absolute Gasteiger partial charge is 0.478 e. The maximum Gasteiger partial charge on any atom is 0.265 e. The van der Waals surface area contributed by atoms with Crippen molar-refractivity contribution in [3.63, 3.8) is 0 Å². The molecule has 0 fully saturated rings. The number of anilines is 1. The number of carbonyl (C=O) groups excluding carboxylic acids is 1. The molecule has 3 nitrogen and oxygen atoms in total. The van der Waals surface area contributed by atoms with Crippen molar-refractivity contribution in [3.8, 4) is 5.75 Å². The van der Waals surface area contributed by atoms with E-state index in [0.717, 1.165) is 0 Å². The minimum Gasteiger partial charge on any atom is -0.478 e. The first kappa shape index (κ1) is 15.6. The van der Waals surface area contributed by atoms with Gasteiger partial charge < -0.3 is 10.1 Å². The number of hydrogen-bond donors (Lipinski definition) is 1. The molecule has 6 heteroatoms. The van der Waals surface area contributed by atoms with Crippen LogP contribution in [0.5, 0.6) is 5.75 Å². The van der Waals surface area contributed by atoms with Crippen LogP contribution in [0.25, 0.3) is 0 Å². The fourth-order valence-corrected chi connectivity index (χ4v) is 2.18. The van der Waals surface area contributed by atoms with E-state index in [1.54, 1.807) is 30.3 Å². The third-order valence-electron chi connectivity index (χ3n) is 2.64. The van der Waals surface area contributed by atoms with Crippen molar-refractivity contribution in [2.75, 3.05) is 5.32 Å². The molecule has 2 rings (SSSR count). The Bertz CT molecular complexity index is 644. The smallest absolute Gasteiger partial charge is 0.265 e. The second kappa shape index (κ2) is 6.78. The van der Waals surface area contributed by atoms with Crippen molar-refractivity contribution in [1.82, 2.24) is 0 Å². The summed E-state index contributed by atoms with van der Waals surface area (Å²) in [4.78, 5) is 12.0. The number of carbonyl (C=O) groups is 1. The molecule has 1 amide bonds. The monoisotopic (exact) mass is 327 g/mol. The first-order chi connectivity index (χ1) is 9.95. The Morgan fingerprint density at radius 2 is 1.81 bits per heavy atom. The van der Waals surface area contributed by atoms with Gasteiger partial charge in [-0.15, -0.1) is 0 Å². The van der Waals surface area contributed by atoms with E-state index in [1.165, 1.54) is 19.1 Å². The van der Waals surface area contributed by atoms with Gasteiger partial charge in [0.05, 0.1) is 0 Å². The van der Waals surface area contributed by atoms with Gasteiger partial charge in [-0.2, -0.15) is 0 Å². The van der Waals surface area contributed by atoms with Crippen LogP contribution >= 0.6 is 23.2 Å². The summed E-state index contributed by atoms with van der Waals surface area (Å²) in [5, 5.41) is 3.41. The van der Waals surface area contributed by atoms with E-state index in [2.05, 4.69) is 5.32 Å². The molecule has 21 heavy (non-hydrogen) atoms. The number of benzene rings is 2. The predicted octanol–water partition coefficient (Wildman–Crippen LogP) is 4.54. The minimum atomic E-state index is -0.875. The summed E-state index contributed by atoms with van der Waals surface area (Å²) in [7, 11) is 0. The van der Waals surface area contributed by atoms with Gasteiger partial charge in [-0.3, -0.25) is 4.79 Å². The van der Waals surface area contributed by atoms with Crippen molar-refractivity contribution in [2.24, 2.45) is 0 Å². The summed E-state index contributed by atoms with van der Waals surface area (Å²) in [6.07, 6.45) is -0.875. The van der Waals surface area contributed by atoms with Crippen LogP contribution in [0.2, 0.25) is 10.0 Å². The highest BCUT2D eigenvalue weighted by Gasteiger charge is 2.16. The second-order valence-corrected chi connectivity index (χ2v) is 5.21. The Morgan fingerprint density at radius 3 is 2.43 bits per heavy atom. The van der Waals surface area contributed by atoms with Gasteiger partial charge >= 0.3 is 0 Å². The first-order valence-corrected chi connectivity index (χ1v) is 6.89. The molecule has 0 saturated heterocycles. The molecule has 1 N–H and O–H groups in total. The Hall–Kier alpha value is -1.78. The van der Waals surface area contributed by atoms with E-state index in [4.69, 9.17) is 27.9 Å². The quantitative estimate of drug-likeness (QED) is 0.895. The number of hydrogen-bond acceptors (Lipinski definition) is 2. The molecule has 2 aromatic rings. The Morgan fingerprint density at radius 1 is 1.19 bits per heavy atom. The van der Waals surface area contributed by atoms with Gasteiger partial charge in [-0.1, -0.05) is 35.3 Å². The van der Waals surface area contributed by atoms with Crippen LogP contribution in [0.3, 0.4) is 0 Å². The summed E-state index contributed by atoms with van der Waals surface area (Å²) in [5.41, 5.74) is 0.446. The molecule has 0 unspecified atom stereocenters. The number of nitrogens with one attached hydrogen (secondary N) is 1. The van der Waals surface area contributed by atoms with E-state index < -0.39 is 17.8 Å². The van der Waals surface area contributed by atoms with Gasteiger partial charge in [-0.25, -0.2) is 4.39 Å². The third kappa shape index (κ3) is 4.34. The second-order valence-electron chi connectivity index (χ2n) is 4.34. The molecular weight excluding hydrogens is 316 g/mol. The van der Waals surface area contributed by atoms with Crippen molar-refractivity contribution in [2.45, 2.75) is 13.0 Å². The average Bonchev–Trinajstić information content (AvgIpc) is 2.40. The van der Waals surface area contributed by atoms with Crippen LogP contribution in [0, 0.1) is 5.82 Å². The lowest BCUT2D eigenvalue weighted by Crippen LogP contribution is -2.30. The topological polar surface area (TPSA) is 38.3 Å². The summed E-state index contributed by atoms with van der Waals surface area (Å²) in [5.74, 6) is -0.941. The number of halogens is 3. The Kier molecular flexibility index (Phi) is 5.04. The van der Waals surface area contributed by atoms with Gasteiger partial charge in [0, 0.05) is 15.7 Å². The molecule has 0 aliphatic carbocycles. The zero-order valence-corrected chi connectivity index (χ0v) is 12.6. The Balaban J connectivity index is 2.04. The zero-order valence-electron chi connectivity index (χ0n) is 11.1. The molecule has 0 radical (unpaired) electrons. The van der Waals surface area contributed by atoms with Gasteiger partial charge in [0.1, 0.15) is 0 Å². The third-order valence-corrected chi connectivity index (χ3v) is 3.08. The highest BCUT2D eigenvalue weighted by atomic mass is 35.5. The van der Waals surface area contributed by atoms with Crippen LogP contribution < -0.4 is 10.1 Å². The number of amides is 1. The molecule has 0 bridgehead atoms. The SMILES string of the molecule is C[C@@H](Oc1ccccc1F)C(=O)Nc1cc(Cl)cc(Cl)c1. The molecule has 0 saturated carbocycles. The maximum absolute atomic E-state index is 13.5. The van der Waals surface area contributed by atoms with Crippen molar-refractivity contribution >= 4 is 34.8 Å².